The third kappa shape index (κ3) is 4.60. The minimum Gasteiger partial charge on any atom is -0.618 e. The number of nitrogens with one attached hydrogen (secondary N) is 1. The summed E-state index contributed by atoms with van der Waals surface area (Å²) in [6, 6.07) is 9.40. The predicted octanol–water partition coefficient (Wildman–Crippen LogP) is 3.43. The third-order valence-electron chi connectivity index (χ3n) is 3.55. The van der Waals surface area contributed by atoms with Gasteiger partial charge in [-0.15, -0.1) is 10.2 Å². The summed E-state index contributed by atoms with van der Waals surface area (Å²) in [7, 11) is 0. The van der Waals surface area contributed by atoms with Gasteiger partial charge in [0, 0.05) is 23.4 Å². The van der Waals surface area contributed by atoms with Crippen molar-refractivity contribution in [1.82, 2.24) is 10.2 Å². The lowest BCUT2D eigenvalue weighted by Gasteiger charge is -2.09. The quantitative estimate of drug-likeness (QED) is 0.393. The fraction of sp³-hybridized carbons (Fsp3) is 0.176. The summed E-state index contributed by atoms with van der Waals surface area (Å²) < 4.78 is 43.0. The van der Waals surface area contributed by atoms with Crippen LogP contribution in [0.5, 0.6) is 0 Å². The number of amides is 1. The SMILES string of the molecule is Cc1cc(-c2nnc(C(F)(F)F)o2)ccc1NC(=O)CSc1cccc[n+]1[O-]. The van der Waals surface area contributed by atoms with Crippen molar-refractivity contribution in [2.75, 3.05) is 11.1 Å². The van der Waals surface area contributed by atoms with Crippen LogP contribution in [0.2, 0.25) is 0 Å². The number of aromatic nitrogens is 3. The topological polar surface area (TPSA) is 95.0 Å². The Hall–Kier alpha value is -3.08. The molecule has 146 valence electrons. The number of pyridine rings is 1. The van der Waals surface area contributed by atoms with Crippen LogP contribution in [0, 0.1) is 12.1 Å². The van der Waals surface area contributed by atoms with Crippen LogP contribution >= 0.6 is 11.8 Å². The van der Waals surface area contributed by atoms with Crippen LogP contribution < -0.4 is 10.0 Å². The Kier molecular flexibility index (Phi) is 5.54. The molecule has 0 saturated carbocycles. The van der Waals surface area contributed by atoms with E-state index >= 15 is 0 Å². The van der Waals surface area contributed by atoms with Crippen LogP contribution in [0.15, 0.2) is 52.0 Å². The highest BCUT2D eigenvalue weighted by molar-refractivity contribution is 7.99. The number of aryl methyl sites for hydroxylation is 1. The number of rotatable bonds is 5. The third-order valence-corrected chi connectivity index (χ3v) is 4.57. The van der Waals surface area contributed by atoms with Gasteiger partial charge in [0.05, 0.1) is 5.75 Å². The second-order valence-corrected chi connectivity index (χ2v) is 6.64. The fourth-order valence-corrected chi connectivity index (χ4v) is 2.96. The summed E-state index contributed by atoms with van der Waals surface area (Å²) in [6.07, 6.45) is -3.38. The number of carbonyl (C=O) groups excluding carboxylic acids is 1. The molecule has 11 heteroatoms. The van der Waals surface area contributed by atoms with E-state index in [0.717, 1.165) is 11.8 Å². The molecule has 3 rings (SSSR count). The summed E-state index contributed by atoms with van der Waals surface area (Å²) in [5, 5.41) is 21.0. The first-order chi connectivity index (χ1) is 13.2. The molecule has 0 unspecified atom stereocenters. The van der Waals surface area contributed by atoms with Crippen molar-refractivity contribution in [3.8, 4) is 11.5 Å². The average Bonchev–Trinajstić information content (AvgIpc) is 3.13. The minimum absolute atomic E-state index is 0.0199. The van der Waals surface area contributed by atoms with Crippen molar-refractivity contribution < 1.29 is 27.1 Å². The summed E-state index contributed by atoms with van der Waals surface area (Å²) in [5.41, 5.74) is 1.37. The molecule has 0 spiro atoms. The predicted molar refractivity (Wildman–Crippen MR) is 94.2 cm³/mol. The second kappa shape index (κ2) is 7.89. The van der Waals surface area contributed by atoms with Gasteiger partial charge in [-0.2, -0.15) is 17.9 Å². The van der Waals surface area contributed by atoms with Gasteiger partial charge < -0.3 is 14.9 Å². The van der Waals surface area contributed by atoms with E-state index in [2.05, 4.69) is 19.9 Å². The number of carbonyl (C=O) groups is 1. The number of nitrogens with zero attached hydrogens (tertiary/aromatic N) is 3. The smallest absolute Gasteiger partial charge is 0.470 e. The van der Waals surface area contributed by atoms with Gasteiger partial charge in [-0.3, -0.25) is 4.79 Å². The molecule has 2 aromatic heterocycles. The molecule has 1 aromatic carbocycles. The van der Waals surface area contributed by atoms with E-state index in [9.17, 15) is 23.2 Å². The van der Waals surface area contributed by atoms with E-state index in [1.165, 1.54) is 24.4 Å². The van der Waals surface area contributed by atoms with Gasteiger partial charge in [0.15, 0.2) is 6.20 Å². The lowest BCUT2D eigenvalue weighted by atomic mass is 10.1. The Balaban J connectivity index is 1.66. The number of benzene rings is 1. The first-order valence-corrected chi connectivity index (χ1v) is 8.85. The first kappa shape index (κ1) is 19.7. The zero-order chi connectivity index (χ0) is 20.3. The summed E-state index contributed by atoms with van der Waals surface area (Å²) in [4.78, 5) is 12.1. The molecule has 1 N–H and O–H groups in total. The van der Waals surface area contributed by atoms with Crippen LogP contribution in [0.1, 0.15) is 11.5 Å². The summed E-state index contributed by atoms with van der Waals surface area (Å²) in [5.74, 6) is -2.01. The maximum Gasteiger partial charge on any atom is 0.470 e. The molecule has 1 amide bonds. The molecular weight excluding hydrogens is 397 g/mol. The summed E-state index contributed by atoms with van der Waals surface area (Å²) >= 11 is 1.08. The number of halogens is 3. The van der Waals surface area contributed by atoms with Crippen molar-refractivity contribution in [2.24, 2.45) is 0 Å². The minimum atomic E-state index is -4.72. The molecule has 0 radical (unpaired) electrons. The largest absolute Gasteiger partial charge is 0.618 e. The molecule has 0 aliphatic carbocycles. The van der Waals surface area contributed by atoms with Crippen LogP contribution in [0.4, 0.5) is 18.9 Å². The normalized spacial score (nSPS) is 11.4. The first-order valence-electron chi connectivity index (χ1n) is 7.86. The molecule has 0 fully saturated rings. The van der Waals surface area contributed by atoms with E-state index in [-0.39, 0.29) is 17.6 Å². The van der Waals surface area contributed by atoms with E-state index in [1.54, 1.807) is 25.1 Å². The molecule has 7 nitrogen and oxygen atoms in total. The van der Waals surface area contributed by atoms with Gasteiger partial charge in [0.25, 0.3) is 5.03 Å². The average molecular weight is 410 g/mol. The molecular formula is C17H13F3N4O3S. The molecule has 28 heavy (non-hydrogen) atoms. The summed E-state index contributed by atoms with van der Waals surface area (Å²) in [6.45, 7) is 1.68. The molecule has 0 saturated heterocycles. The van der Waals surface area contributed by atoms with Crippen LogP contribution in [-0.2, 0) is 11.0 Å². The Bertz CT molecular complexity index is 1010. The Morgan fingerprint density at radius 3 is 2.71 bits per heavy atom. The van der Waals surface area contributed by atoms with Gasteiger partial charge >= 0.3 is 12.1 Å². The molecule has 3 aromatic rings. The molecule has 0 aliphatic rings. The van der Waals surface area contributed by atoms with Gasteiger partial charge in [0.1, 0.15) is 0 Å². The number of hydrogen-bond donors (Lipinski definition) is 1. The molecule has 2 heterocycles. The van der Waals surface area contributed by atoms with Crippen molar-refractivity contribution in [1.29, 1.82) is 0 Å². The highest BCUT2D eigenvalue weighted by Crippen LogP contribution is 2.31. The lowest BCUT2D eigenvalue weighted by molar-refractivity contribution is -0.645. The van der Waals surface area contributed by atoms with Crippen molar-refractivity contribution in [2.45, 2.75) is 18.1 Å². The van der Waals surface area contributed by atoms with Gasteiger partial charge in [-0.1, -0.05) is 0 Å². The fourth-order valence-electron chi connectivity index (χ4n) is 2.24. The molecule has 0 bridgehead atoms. The number of anilines is 1. The van der Waals surface area contributed by atoms with Crippen molar-refractivity contribution >= 4 is 23.4 Å². The van der Waals surface area contributed by atoms with Gasteiger partial charge in [-0.25, -0.2) is 0 Å². The van der Waals surface area contributed by atoms with Crippen LogP contribution in [0.3, 0.4) is 0 Å². The van der Waals surface area contributed by atoms with Crippen molar-refractivity contribution in [3.05, 3.63) is 59.3 Å². The Labute approximate surface area is 161 Å². The van der Waals surface area contributed by atoms with Crippen LogP contribution in [-0.4, -0.2) is 21.9 Å². The maximum absolute atomic E-state index is 12.6. The highest BCUT2D eigenvalue weighted by atomic mass is 32.2. The van der Waals surface area contributed by atoms with E-state index in [4.69, 9.17) is 0 Å². The van der Waals surface area contributed by atoms with Crippen LogP contribution in [0.25, 0.3) is 11.5 Å². The second-order valence-electron chi connectivity index (χ2n) is 5.64. The number of thioether (sulfide) groups is 1. The standard InChI is InChI=1S/C17H13F3N4O3S/c1-10-8-11(15-22-23-16(27-15)17(18,19)20)5-6-12(10)21-13(25)9-28-14-4-2-3-7-24(14)26/h2-8H,9H2,1H3,(H,21,25). The number of hydrogen-bond acceptors (Lipinski definition) is 6. The number of alkyl halides is 3. The zero-order valence-corrected chi connectivity index (χ0v) is 15.2. The Morgan fingerprint density at radius 1 is 1.29 bits per heavy atom. The van der Waals surface area contributed by atoms with E-state index in [0.29, 0.717) is 26.6 Å². The van der Waals surface area contributed by atoms with Gasteiger partial charge in [0.2, 0.25) is 11.8 Å². The van der Waals surface area contributed by atoms with E-state index in [1.807, 2.05) is 0 Å². The van der Waals surface area contributed by atoms with Crippen molar-refractivity contribution in [3.63, 3.8) is 0 Å². The zero-order valence-electron chi connectivity index (χ0n) is 14.4. The molecule has 0 atom stereocenters. The monoisotopic (exact) mass is 410 g/mol. The molecule has 0 aliphatic heterocycles. The maximum atomic E-state index is 12.6. The Morgan fingerprint density at radius 2 is 2.07 bits per heavy atom. The lowest BCUT2D eigenvalue weighted by Crippen LogP contribution is -2.28. The van der Waals surface area contributed by atoms with Gasteiger partial charge in [-0.05, 0) is 48.5 Å². The highest BCUT2D eigenvalue weighted by Gasteiger charge is 2.38. The van der Waals surface area contributed by atoms with E-state index < -0.39 is 12.1 Å².